The molecule has 15 heteroatoms. The van der Waals surface area contributed by atoms with Gasteiger partial charge in [-0.1, -0.05) is 11.6 Å². The first kappa shape index (κ1) is 38.0. The molecule has 2 atom stereocenters. The number of hydrogen-bond donors (Lipinski definition) is 1. The first-order valence-electron chi connectivity index (χ1n) is 20.1. The molecule has 300 valence electrons. The lowest BCUT2D eigenvalue weighted by Crippen LogP contribution is -2.63. The Kier molecular flexibility index (Phi) is 9.63. The number of imide groups is 2. The first-order valence-corrected chi connectivity index (χ1v) is 20.5. The van der Waals surface area contributed by atoms with Crippen LogP contribution in [-0.2, 0) is 9.59 Å². The van der Waals surface area contributed by atoms with Crippen molar-refractivity contribution in [2.75, 3.05) is 73.6 Å². The van der Waals surface area contributed by atoms with Crippen LogP contribution in [-0.4, -0.2) is 121 Å². The van der Waals surface area contributed by atoms with Crippen LogP contribution in [0.25, 0.3) is 0 Å². The van der Waals surface area contributed by atoms with Crippen molar-refractivity contribution in [2.24, 2.45) is 5.41 Å². The maximum atomic E-state index is 15.4. The van der Waals surface area contributed by atoms with E-state index in [4.69, 9.17) is 11.6 Å². The fourth-order valence-electron chi connectivity index (χ4n) is 9.97. The van der Waals surface area contributed by atoms with Crippen LogP contribution < -0.4 is 20.0 Å². The molecular weight excluding hydrogens is 763 g/mol. The highest BCUT2D eigenvalue weighted by atomic mass is 35.5. The van der Waals surface area contributed by atoms with Crippen LogP contribution in [0.5, 0.6) is 0 Å². The van der Waals surface area contributed by atoms with Gasteiger partial charge in [-0.05, 0) is 92.6 Å². The number of carbonyl (C=O) groups excluding carboxylic acids is 5. The molecule has 13 nitrogen and oxygen atoms in total. The molecular formula is C43H44ClFN8O5. The third-order valence-corrected chi connectivity index (χ3v) is 14.0. The molecule has 0 bridgehead atoms. The lowest BCUT2D eigenvalue weighted by Gasteiger charge is -2.49. The Balaban J connectivity index is 0.752. The lowest BCUT2D eigenvalue weighted by atomic mass is 9.73. The molecule has 6 heterocycles. The molecule has 9 rings (SSSR count). The number of fused-ring (bicyclic) bond motifs is 1. The van der Waals surface area contributed by atoms with Crippen LogP contribution in [0, 0.1) is 22.6 Å². The van der Waals surface area contributed by atoms with Gasteiger partial charge in [0.25, 0.3) is 17.7 Å². The molecule has 2 unspecified atom stereocenters. The highest BCUT2D eigenvalue weighted by Crippen LogP contribution is 2.48. The number of nitrogens with zero attached hydrogens (tertiary/aromatic N) is 7. The standard InChI is InChI=1S/C43H44ClFN8O5/c1-26-43(12-15-52(26)30-7-4-28(23-46)34(44)20-30)10-13-48(14-11-43)29-5-2-27(3-6-29)40(56)50-18-16-49(17-19-50)31-24-51(25-31)37-22-33-32(21-35(37)45)41(57)53(42(33)58)36-8-9-38(54)47-39(36)55/h2-7,20-22,26,31,36H,8-19,24-25H2,1H3,(H,47,54,55). The number of nitriles is 1. The third-order valence-electron chi connectivity index (χ3n) is 13.7. The molecule has 0 saturated carbocycles. The van der Waals surface area contributed by atoms with Crippen molar-refractivity contribution in [3.05, 3.63) is 87.7 Å². The molecule has 0 radical (unpaired) electrons. The Labute approximate surface area is 340 Å². The van der Waals surface area contributed by atoms with Crippen molar-refractivity contribution in [3.8, 4) is 6.07 Å². The fraction of sp³-hybridized carbons (Fsp3) is 0.442. The van der Waals surface area contributed by atoms with Gasteiger partial charge in [-0.2, -0.15) is 5.26 Å². The second-order valence-electron chi connectivity index (χ2n) is 16.5. The van der Waals surface area contributed by atoms with Crippen LogP contribution in [0.4, 0.5) is 21.5 Å². The highest BCUT2D eigenvalue weighted by Gasteiger charge is 2.48. The van der Waals surface area contributed by atoms with Crippen LogP contribution in [0.2, 0.25) is 5.02 Å². The second kappa shape index (κ2) is 14.7. The van der Waals surface area contributed by atoms with Crippen LogP contribution in [0.3, 0.4) is 0 Å². The normalized spacial score (nSPS) is 23.7. The van der Waals surface area contributed by atoms with Crippen LogP contribution >= 0.6 is 11.6 Å². The van der Waals surface area contributed by atoms with Crippen LogP contribution in [0.15, 0.2) is 54.6 Å². The Morgan fingerprint density at radius 1 is 0.845 bits per heavy atom. The average molecular weight is 807 g/mol. The SMILES string of the molecule is CC1N(c2ccc(C#N)c(Cl)c2)CCC12CCN(c1ccc(C(=O)N3CCN(C4CN(c5cc6c(cc5F)C(=O)N(C5CCC(=O)NC5=O)C6=O)C4)CC3)cc1)CC2. The summed E-state index contributed by atoms with van der Waals surface area (Å²) in [6, 6.07) is 17.7. The van der Waals surface area contributed by atoms with E-state index in [0.717, 1.165) is 61.2 Å². The van der Waals surface area contributed by atoms with E-state index in [1.54, 1.807) is 6.07 Å². The predicted octanol–water partition coefficient (Wildman–Crippen LogP) is 4.28. The number of benzene rings is 3. The number of halogens is 2. The number of piperazine rings is 1. The summed E-state index contributed by atoms with van der Waals surface area (Å²) in [6.45, 7) is 8.76. The molecule has 6 aliphatic rings. The molecule has 3 aromatic carbocycles. The van der Waals surface area contributed by atoms with E-state index < -0.39 is 35.5 Å². The molecule has 58 heavy (non-hydrogen) atoms. The van der Waals surface area contributed by atoms with Gasteiger partial charge in [0, 0.05) is 94.3 Å². The number of nitrogens with one attached hydrogen (secondary N) is 1. The van der Waals surface area contributed by atoms with Crippen LogP contribution in [0.1, 0.15) is 75.7 Å². The topological polar surface area (TPSA) is 141 Å². The zero-order valence-corrected chi connectivity index (χ0v) is 33.0. The van der Waals surface area contributed by atoms with E-state index in [1.807, 2.05) is 34.1 Å². The number of hydrogen-bond acceptors (Lipinski definition) is 10. The smallest absolute Gasteiger partial charge is 0.262 e. The van der Waals surface area contributed by atoms with Crippen molar-refractivity contribution in [1.82, 2.24) is 20.0 Å². The van der Waals surface area contributed by atoms with E-state index in [9.17, 15) is 29.2 Å². The number of rotatable bonds is 6. The third kappa shape index (κ3) is 6.44. The summed E-state index contributed by atoms with van der Waals surface area (Å²) < 4.78 is 15.4. The lowest BCUT2D eigenvalue weighted by molar-refractivity contribution is -0.136. The van der Waals surface area contributed by atoms with E-state index in [1.165, 1.54) is 6.07 Å². The number of piperidine rings is 2. The van der Waals surface area contributed by atoms with Crippen molar-refractivity contribution < 1.29 is 28.4 Å². The van der Waals surface area contributed by atoms with Gasteiger partial charge in [-0.25, -0.2) is 4.39 Å². The minimum absolute atomic E-state index is 0.00703. The Hall–Kier alpha value is -5.52. The molecule has 5 saturated heterocycles. The number of anilines is 3. The summed E-state index contributed by atoms with van der Waals surface area (Å²) in [4.78, 5) is 75.6. The van der Waals surface area contributed by atoms with Crippen molar-refractivity contribution in [3.63, 3.8) is 0 Å². The minimum atomic E-state index is -1.11. The van der Waals surface area contributed by atoms with E-state index in [-0.39, 0.29) is 47.0 Å². The van der Waals surface area contributed by atoms with E-state index in [2.05, 4.69) is 45.1 Å². The van der Waals surface area contributed by atoms with Crippen molar-refractivity contribution in [1.29, 1.82) is 5.26 Å². The van der Waals surface area contributed by atoms with Crippen molar-refractivity contribution >= 4 is 58.2 Å². The molecule has 1 spiro atoms. The van der Waals surface area contributed by atoms with Crippen molar-refractivity contribution in [2.45, 2.75) is 57.2 Å². The number of carbonyl (C=O) groups is 5. The van der Waals surface area contributed by atoms with Gasteiger partial charge in [-0.3, -0.25) is 39.1 Å². The van der Waals surface area contributed by atoms with E-state index in [0.29, 0.717) is 61.5 Å². The predicted molar refractivity (Wildman–Crippen MR) is 214 cm³/mol. The first-order chi connectivity index (χ1) is 27.9. The summed E-state index contributed by atoms with van der Waals surface area (Å²) in [5.41, 5.74) is 3.77. The molecule has 0 aliphatic carbocycles. The fourth-order valence-corrected chi connectivity index (χ4v) is 10.2. The van der Waals surface area contributed by atoms with Gasteiger partial charge in [-0.15, -0.1) is 0 Å². The molecule has 1 N–H and O–H groups in total. The zero-order valence-electron chi connectivity index (χ0n) is 32.3. The molecule has 5 fully saturated rings. The largest absolute Gasteiger partial charge is 0.371 e. The molecule has 6 aliphatic heterocycles. The maximum absolute atomic E-state index is 15.4. The zero-order chi connectivity index (χ0) is 40.5. The maximum Gasteiger partial charge on any atom is 0.262 e. The van der Waals surface area contributed by atoms with Gasteiger partial charge >= 0.3 is 0 Å². The molecule has 5 amide bonds. The van der Waals surface area contributed by atoms with Gasteiger partial charge in [0.05, 0.1) is 27.4 Å². The monoisotopic (exact) mass is 806 g/mol. The Morgan fingerprint density at radius 3 is 2.16 bits per heavy atom. The van der Waals surface area contributed by atoms with Gasteiger partial charge in [0.2, 0.25) is 11.8 Å². The summed E-state index contributed by atoms with van der Waals surface area (Å²) in [5.74, 6) is -3.17. The quantitative estimate of drug-likeness (QED) is 0.359. The summed E-state index contributed by atoms with van der Waals surface area (Å²) >= 11 is 6.37. The van der Waals surface area contributed by atoms with Gasteiger partial charge in [0.15, 0.2) is 0 Å². The number of amides is 5. The Morgan fingerprint density at radius 2 is 1.50 bits per heavy atom. The van der Waals surface area contributed by atoms with E-state index >= 15 is 4.39 Å². The summed E-state index contributed by atoms with van der Waals surface area (Å²) in [7, 11) is 0. The molecule has 3 aromatic rings. The average Bonchev–Trinajstić information content (AvgIpc) is 3.64. The second-order valence-corrected chi connectivity index (χ2v) is 16.9. The van der Waals surface area contributed by atoms with Gasteiger partial charge < -0.3 is 19.6 Å². The van der Waals surface area contributed by atoms with Gasteiger partial charge in [0.1, 0.15) is 17.9 Å². The highest BCUT2D eigenvalue weighted by molar-refractivity contribution is 6.32. The summed E-state index contributed by atoms with van der Waals surface area (Å²) in [5, 5.41) is 11.9. The summed E-state index contributed by atoms with van der Waals surface area (Å²) in [6.07, 6.45) is 3.31. The Bertz CT molecular complexity index is 2260. The molecule has 0 aromatic heterocycles. The minimum Gasteiger partial charge on any atom is -0.371 e.